The van der Waals surface area contributed by atoms with Gasteiger partial charge in [0.25, 0.3) is 0 Å². The van der Waals surface area contributed by atoms with Gasteiger partial charge in [-0.15, -0.1) is 0 Å². The summed E-state index contributed by atoms with van der Waals surface area (Å²) in [5, 5.41) is 3.84. The average Bonchev–Trinajstić information content (AvgIpc) is 2.53. The molecule has 0 bridgehead atoms. The van der Waals surface area contributed by atoms with Crippen molar-refractivity contribution >= 4 is 11.6 Å². The topological polar surface area (TPSA) is 30.5 Å². The molecule has 0 amide bonds. The molecule has 2 rings (SSSR count). The van der Waals surface area contributed by atoms with Crippen molar-refractivity contribution in [2.45, 2.75) is 20.1 Å². The zero-order valence-electron chi connectivity index (χ0n) is 12.7. The predicted octanol–water partition coefficient (Wildman–Crippen LogP) is 4.18. The number of benzene rings is 2. The van der Waals surface area contributed by atoms with Crippen LogP contribution in [0.2, 0.25) is 5.02 Å². The zero-order valence-corrected chi connectivity index (χ0v) is 13.4. The van der Waals surface area contributed by atoms with E-state index in [2.05, 4.69) is 5.32 Å². The van der Waals surface area contributed by atoms with E-state index in [1.165, 1.54) is 12.1 Å². The standard InChI is InChI=1S/C17H19ClFNO2/c1-3-20-10-13-8-16(21-2)17(9-15(13)18)22-11-12-4-6-14(19)7-5-12/h4-9,20H,3,10-11H2,1-2H3. The summed E-state index contributed by atoms with van der Waals surface area (Å²) in [6, 6.07) is 9.79. The first-order valence-corrected chi connectivity index (χ1v) is 7.46. The fraction of sp³-hybridized carbons (Fsp3) is 0.294. The van der Waals surface area contributed by atoms with Crippen LogP contribution in [0.5, 0.6) is 11.5 Å². The Kier molecular flexibility index (Phi) is 6.04. The van der Waals surface area contributed by atoms with E-state index in [4.69, 9.17) is 21.1 Å². The molecule has 0 radical (unpaired) electrons. The maximum atomic E-state index is 12.9. The van der Waals surface area contributed by atoms with Crippen molar-refractivity contribution < 1.29 is 13.9 Å². The summed E-state index contributed by atoms with van der Waals surface area (Å²) in [7, 11) is 1.59. The van der Waals surface area contributed by atoms with Crippen LogP contribution in [0.15, 0.2) is 36.4 Å². The third-order valence-electron chi connectivity index (χ3n) is 3.21. The molecule has 0 spiro atoms. The molecule has 0 saturated carbocycles. The summed E-state index contributed by atoms with van der Waals surface area (Å²) >= 11 is 6.27. The molecule has 1 N–H and O–H groups in total. The molecule has 0 fully saturated rings. The van der Waals surface area contributed by atoms with Gasteiger partial charge in [0.2, 0.25) is 0 Å². The molecule has 2 aromatic rings. The Morgan fingerprint density at radius 3 is 2.50 bits per heavy atom. The maximum absolute atomic E-state index is 12.9. The summed E-state index contributed by atoms with van der Waals surface area (Å²) < 4.78 is 24.0. The molecule has 0 heterocycles. The molecule has 0 aliphatic heterocycles. The van der Waals surface area contributed by atoms with Crippen LogP contribution in [0.3, 0.4) is 0 Å². The number of halogens is 2. The lowest BCUT2D eigenvalue weighted by molar-refractivity contribution is 0.284. The molecule has 0 aromatic heterocycles. The number of hydrogen-bond acceptors (Lipinski definition) is 3. The molecule has 0 atom stereocenters. The fourth-order valence-corrected chi connectivity index (χ4v) is 2.21. The van der Waals surface area contributed by atoms with Gasteiger partial charge in [-0.2, -0.15) is 0 Å². The number of ether oxygens (including phenoxy) is 2. The molecule has 0 aliphatic carbocycles. The zero-order chi connectivity index (χ0) is 15.9. The van der Waals surface area contributed by atoms with Crippen LogP contribution in [0.4, 0.5) is 4.39 Å². The minimum absolute atomic E-state index is 0.267. The quantitative estimate of drug-likeness (QED) is 0.829. The summed E-state index contributed by atoms with van der Waals surface area (Å²) in [6.07, 6.45) is 0. The maximum Gasteiger partial charge on any atom is 0.163 e. The van der Waals surface area contributed by atoms with Crippen molar-refractivity contribution in [1.82, 2.24) is 5.32 Å². The van der Waals surface area contributed by atoms with E-state index in [1.54, 1.807) is 25.3 Å². The fourth-order valence-electron chi connectivity index (χ4n) is 1.99. The summed E-state index contributed by atoms with van der Waals surface area (Å²) in [5.74, 6) is 0.925. The molecule has 22 heavy (non-hydrogen) atoms. The molecule has 5 heteroatoms. The van der Waals surface area contributed by atoms with Crippen molar-refractivity contribution in [1.29, 1.82) is 0 Å². The van der Waals surface area contributed by atoms with Crippen LogP contribution in [0, 0.1) is 5.82 Å². The van der Waals surface area contributed by atoms with Crippen LogP contribution in [0.25, 0.3) is 0 Å². The Morgan fingerprint density at radius 2 is 1.86 bits per heavy atom. The van der Waals surface area contributed by atoms with E-state index in [0.29, 0.717) is 29.7 Å². The lowest BCUT2D eigenvalue weighted by atomic mass is 10.2. The third-order valence-corrected chi connectivity index (χ3v) is 3.56. The van der Waals surface area contributed by atoms with Gasteiger partial charge in [-0.05, 0) is 35.9 Å². The normalized spacial score (nSPS) is 10.5. The largest absolute Gasteiger partial charge is 0.493 e. The Hall–Kier alpha value is -1.78. The SMILES string of the molecule is CCNCc1cc(OC)c(OCc2ccc(F)cc2)cc1Cl. The first kappa shape index (κ1) is 16.6. The van der Waals surface area contributed by atoms with Crippen LogP contribution in [0.1, 0.15) is 18.1 Å². The van der Waals surface area contributed by atoms with Gasteiger partial charge < -0.3 is 14.8 Å². The number of rotatable bonds is 7. The third kappa shape index (κ3) is 4.36. The number of methoxy groups -OCH3 is 1. The Balaban J connectivity index is 2.12. The molecule has 3 nitrogen and oxygen atoms in total. The Morgan fingerprint density at radius 1 is 1.14 bits per heavy atom. The number of hydrogen-bond donors (Lipinski definition) is 1. The van der Waals surface area contributed by atoms with Gasteiger partial charge in [-0.25, -0.2) is 4.39 Å². The van der Waals surface area contributed by atoms with Gasteiger partial charge in [0.05, 0.1) is 7.11 Å². The highest BCUT2D eigenvalue weighted by Crippen LogP contribution is 2.33. The molecule has 0 saturated heterocycles. The van der Waals surface area contributed by atoms with Crippen molar-refractivity contribution in [3.63, 3.8) is 0 Å². The average molecular weight is 324 g/mol. The summed E-state index contributed by atoms with van der Waals surface area (Å²) in [5.41, 5.74) is 1.82. The van der Waals surface area contributed by atoms with Gasteiger partial charge in [-0.3, -0.25) is 0 Å². The lowest BCUT2D eigenvalue weighted by Gasteiger charge is -2.14. The van der Waals surface area contributed by atoms with E-state index < -0.39 is 0 Å². The monoisotopic (exact) mass is 323 g/mol. The van der Waals surface area contributed by atoms with E-state index in [-0.39, 0.29) is 5.82 Å². The lowest BCUT2D eigenvalue weighted by Crippen LogP contribution is -2.12. The highest BCUT2D eigenvalue weighted by Gasteiger charge is 2.10. The van der Waals surface area contributed by atoms with Crippen LogP contribution >= 0.6 is 11.6 Å². The molecular weight excluding hydrogens is 305 g/mol. The van der Waals surface area contributed by atoms with Crippen molar-refractivity contribution in [2.24, 2.45) is 0 Å². The van der Waals surface area contributed by atoms with Crippen LogP contribution in [-0.4, -0.2) is 13.7 Å². The van der Waals surface area contributed by atoms with E-state index in [0.717, 1.165) is 17.7 Å². The van der Waals surface area contributed by atoms with Gasteiger partial charge in [0, 0.05) is 17.6 Å². The van der Waals surface area contributed by atoms with Gasteiger partial charge in [-0.1, -0.05) is 30.7 Å². The Bertz CT molecular complexity index is 617. The minimum Gasteiger partial charge on any atom is -0.493 e. The smallest absolute Gasteiger partial charge is 0.163 e. The molecule has 0 aliphatic rings. The summed E-state index contributed by atoms with van der Waals surface area (Å²) in [6.45, 7) is 3.89. The minimum atomic E-state index is -0.267. The van der Waals surface area contributed by atoms with E-state index in [1.807, 2.05) is 13.0 Å². The van der Waals surface area contributed by atoms with E-state index >= 15 is 0 Å². The molecule has 118 valence electrons. The van der Waals surface area contributed by atoms with Gasteiger partial charge in [0.1, 0.15) is 12.4 Å². The second kappa shape index (κ2) is 8.01. The second-order valence-electron chi connectivity index (χ2n) is 4.79. The molecule has 0 unspecified atom stereocenters. The van der Waals surface area contributed by atoms with Crippen molar-refractivity contribution in [3.8, 4) is 11.5 Å². The Labute approximate surface area is 135 Å². The summed E-state index contributed by atoms with van der Waals surface area (Å²) in [4.78, 5) is 0. The van der Waals surface area contributed by atoms with Crippen molar-refractivity contribution in [3.05, 3.63) is 58.4 Å². The second-order valence-corrected chi connectivity index (χ2v) is 5.20. The first-order chi connectivity index (χ1) is 10.6. The van der Waals surface area contributed by atoms with Crippen LogP contribution in [-0.2, 0) is 13.2 Å². The highest BCUT2D eigenvalue weighted by molar-refractivity contribution is 6.31. The van der Waals surface area contributed by atoms with Crippen LogP contribution < -0.4 is 14.8 Å². The molecule has 2 aromatic carbocycles. The van der Waals surface area contributed by atoms with E-state index in [9.17, 15) is 4.39 Å². The number of nitrogens with one attached hydrogen (secondary N) is 1. The van der Waals surface area contributed by atoms with Crippen molar-refractivity contribution in [2.75, 3.05) is 13.7 Å². The van der Waals surface area contributed by atoms with Gasteiger partial charge >= 0.3 is 0 Å². The predicted molar refractivity (Wildman–Crippen MR) is 86.1 cm³/mol. The van der Waals surface area contributed by atoms with Gasteiger partial charge in [0.15, 0.2) is 11.5 Å². The highest BCUT2D eigenvalue weighted by atomic mass is 35.5. The first-order valence-electron chi connectivity index (χ1n) is 7.08. The molecular formula is C17H19ClFNO2.